The van der Waals surface area contributed by atoms with Crippen LogP contribution in [0.3, 0.4) is 0 Å². The van der Waals surface area contributed by atoms with Gasteiger partial charge in [-0.25, -0.2) is 0 Å². The van der Waals surface area contributed by atoms with Crippen LogP contribution in [0, 0.1) is 12.3 Å². The van der Waals surface area contributed by atoms with Gasteiger partial charge in [0.15, 0.2) is 6.29 Å². The van der Waals surface area contributed by atoms with E-state index in [2.05, 4.69) is 19.4 Å². The molecule has 0 radical (unpaired) electrons. The summed E-state index contributed by atoms with van der Waals surface area (Å²) >= 11 is 0. The van der Waals surface area contributed by atoms with Crippen LogP contribution in [0.4, 0.5) is 0 Å². The minimum Gasteiger partial charge on any atom is -0.353 e. The third-order valence-corrected chi connectivity index (χ3v) is 3.55. The van der Waals surface area contributed by atoms with Crippen LogP contribution in [-0.4, -0.2) is 19.0 Å². The van der Waals surface area contributed by atoms with Crippen LogP contribution < -0.4 is 0 Å². The molecule has 92 valence electrons. The highest BCUT2D eigenvalue weighted by Gasteiger charge is 2.28. The van der Waals surface area contributed by atoms with E-state index in [0.29, 0.717) is 6.42 Å². The molecular weight excluding hydrogens is 212 g/mol. The van der Waals surface area contributed by atoms with Gasteiger partial charge in [0, 0.05) is 19.4 Å². The van der Waals surface area contributed by atoms with Crippen LogP contribution in [0.2, 0.25) is 0 Å². The van der Waals surface area contributed by atoms with Crippen molar-refractivity contribution in [2.45, 2.75) is 51.4 Å². The third kappa shape index (κ3) is 2.80. The smallest absolute Gasteiger partial charge is 0.158 e. The second kappa shape index (κ2) is 5.53. The van der Waals surface area contributed by atoms with E-state index in [1.165, 1.54) is 17.6 Å². The zero-order chi connectivity index (χ0) is 12.3. The van der Waals surface area contributed by atoms with Gasteiger partial charge in [-0.1, -0.05) is 6.58 Å². The number of terminal acetylenes is 1. The number of hydrogen-bond donors (Lipinski definition) is 0. The monoisotopic (exact) mass is 232 g/mol. The summed E-state index contributed by atoms with van der Waals surface area (Å²) in [7, 11) is 0. The van der Waals surface area contributed by atoms with Gasteiger partial charge in [0.25, 0.3) is 0 Å². The molecule has 1 heterocycles. The van der Waals surface area contributed by atoms with E-state index in [1.54, 1.807) is 0 Å². The molecule has 1 fully saturated rings. The lowest BCUT2D eigenvalue weighted by Crippen LogP contribution is -2.27. The highest BCUT2D eigenvalue weighted by molar-refractivity contribution is 5.43. The first-order chi connectivity index (χ1) is 8.22. The van der Waals surface area contributed by atoms with Gasteiger partial charge in [-0.3, -0.25) is 0 Å². The van der Waals surface area contributed by atoms with E-state index in [-0.39, 0.29) is 12.4 Å². The largest absolute Gasteiger partial charge is 0.353 e. The summed E-state index contributed by atoms with van der Waals surface area (Å²) in [5, 5.41) is 0. The first kappa shape index (κ1) is 12.4. The minimum atomic E-state index is -0.0401. The maximum absolute atomic E-state index is 6.00. The Hall–Kier alpha value is -1.04. The fourth-order valence-corrected chi connectivity index (χ4v) is 2.49. The second-order valence-electron chi connectivity index (χ2n) is 4.77. The lowest BCUT2D eigenvalue weighted by atomic mass is 10.1. The van der Waals surface area contributed by atoms with Crippen LogP contribution in [0.25, 0.3) is 0 Å². The number of ether oxygens (including phenoxy) is 2. The average molecular weight is 232 g/mol. The Balaban J connectivity index is 1.98. The number of allylic oxidation sites excluding steroid dienone is 1. The van der Waals surface area contributed by atoms with Gasteiger partial charge in [-0.15, -0.1) is 12.3 Å². The van der Waals surface area contributed by atoms with Crippen molar-refractivity contribution in [2.75, 3.05) is 6.61 Å². The van der Waals surface area contributed by atoms with Gasteiger partial charge >= 0.3 is 0 Å². The normalized spacial score (nSPS) is 29.5. The maximum atomic E-state index is 6.00. The summed E-state index contributed by atoms with van der Waals surface area (Å²) in [5.74, 6) is 2.69. The van der Waals surface area contributed by atoms with Crippen LogP contribution in [-0.2, 0) is 9.47 Å². The zero-order valence-electron chi connectivity index (χ0n) is 10.5. The molecule has 1 unspecified atom stereocenters. The van der Waals surface area contributed by atoms with Crippen molar-refractivity contribution in [3.05, 3.63) is 23.3 Å². The molecule has 0 aromatic heterocycles. The number of hydrogen-bond acceptors (Lipinski definition) is 2. The van der Waals surface area contributed by atoms with E-state index >= 15 is 0 Å². The molecule has 0 bridgehead atoms. The van der Waals surface area contributed by atoms with Crippen molar-refractivity contribution in [3.63, 3.8) is 0 Å². The molecule has 0 aromatic carbocycles. The molecule has 1 saturated heterocycles. The Morgan fingerprint density at radius 1 is 1.53 bits per heavy atom. The first-order valence-electron chi connectivity index (χ1n) is 6.30. The molecule has 0 spiro atoms. The summed E-state index contributed by atoms with van der Waals surface area (Å²) in [6.45, 7) is 6.99. The van der Waals surface area contributed by atoms with Crippen LogP contribution in [0.1, 0.15) is 39.0 Å². The van der Waals surface area contributed by atoms with Crippen molar-refractivity contribution >= 4 is 0 Å². The highest BCUT2D eigenvalue weighted by atomic mass is 16.7. The fraction of sp³-hybridized carbons (Fsp3) is 0.600. The molecule has 17 heavy (non-hydrogen) atoms. The van der Waals surface area contributed by atoms with Gasteiger partial charge in [0.1, 0.15) is 0 Å². The summed E-state index contributed by atoms with van der Waals surface area (Å²) in [4.78, 5) is 0. The van der Waals surface area contributed by atoms with E-state index in [4.69, 9.17) is 15.9 Å². The molecule has 2 rings (SSSR count). The van der Waals surface area contributed by atoms with Gasteiger partial charge in [-0.2, -0.15) is 0 Å². The molecule has 2 heteroatoms. The topological polar surface area (TPSA) is 18.5 Å². The van der Waals surface area contributed by atoms with E-state index in [1.807, 2.05) is 0 Å². The molecule has 0 amide bonds. The average Bonchev–Trinajstić information content (AvgIpc) is 2.59. The fourth-order valence-electron chi connectivity index (χ4n) is 2.49. The molecule has 1 aliphatic heterocycles. The van der Waals surface area contributed by atoms with Gasteiger partial charge in [0.2, 0.25) is 0 Å². The Labute approximate surface area is 104 Å². The molecule has 2 atom stereocenters. The van der Waals surface area contributed by atoms with Crippen molar-refractivity contribution < 1.29 is 9.47 Å². The maximum Gasteiger partial charge on any atom is 0.158 e. The molecule has 0 N–H and O–H groups in total. The standard InChI is InChI=1S/C15H20O2/c1-4-7-13-11(2)10-14(12(13)3)17-15-8-5-6-9-16-15/h1,14-15H,2,5-10H2,3H3/t14-,15?/m0/s1. The Morgan fingerprint density at radius 3 is 3.00 bits per heavy atom. The van der Waals surface area contributed by atoms with Gasteiger partial charge in [0.05, 0.1) is 6.10 Å². The molecule has 1 aliphatic carbocycles. The quantitative estimate of drug-likeness (QED) is 0.696. The molecule has 2 nitrogen and oxygen atoms in total. The van der Waals surface area contributed by atoms with E-state index in [9.17, 15) is 0 Å². The van der Waals surface area contributed by atoms with Gasteiger partial charge in [-0.05, 0) is 42.9 Å². The van der Waals surface area contributed by atoms with Crippen LogP contribution in [0.15, 0.2) is 23.3 Å². The van der Waals surface area contributed by atoms with Crippen LogP contribution in [0.5, 0.6) is 0 Å². The Bertz CT molecular complexity index is 367. The summed E-state index contributed by atoms with van der Waals surface area (Å²) in [6, 6.07) is 0. The van der Waals surface area contributed by atoms with Crippen molar-refractivity contribution in [2.24, 2.45) is 0 Å². The molecule has 2 aliphatic rings. The second-order valence-corrected chi connectivity index (χ2v) is 4.77. The van der Waals surface area contributed by atoms with Crippen LogP contribution >= 0.6 is 0 Å². The highest BCUT2D eigenvalue weighted by Crippen LogP contribution is 2.35. The first-order valence-corrected chi connectivity index (χ1v) is 6.30. The van der Waals surface area contributed by atoms with Crippen molar-refractivity contribution in [1.82, 2.24) is 0 Å². The van der Waals surface area contributed by atoms with E-state index in [0.717, 1.165) is 31.4 Å². The van der Waals surface area contributed by atoms with Crippen molar-refractivity contribution in [1.29, 1.82) is 0 Å². The third-order valence-electron chi connectivity index (χ3n) is 3.55. The Kier molecular flexibility index (Phi) is 4.04. The predicted octanol–water partition coefficient (Wildman–Crippen LogP) is 3.20. The van der Waals surface area contributed by atoms with Crippen molar-refractivity contribution in [3.8, 4) is 12.3 Å². The lowest BCUT2D eigenvalue weighted by molar-refractivity contribution is -0.179. The zero-order valence-corrected chi connectivity index (χ0v) is 10.5. The lowest BCUT2D eigenvalue weighted by Gasteiger charge is -2.26. The summed E-state index contributed by atoms with van der Waals surface area (Å²) in [6.07, 6.45) is 10.3. The minimum absolute atomic E-state index is 0.0401. The Morgan fingerprint density at radius 2 is 2.35 bits per heavy atom. The summed E-state index contributed by atoms with van der Waals surface area (Å²) < 4.78 is 11.6. The van der Waals surface area contributed by atoms with E-state index < -0.39 is 0 Å². The number of rotatable bonds is 3. The summed E-state index contributed by atoms with van der Waals surface area (Å²) in [5.41, 5.74) is 3.57. The molecular formula is C15H20O2. The molecule has 0 aromatic rings. The SMILES string of the molecule is C#CCC1=C(C)[C@@H](OC2CCCCO2)CC1=C. The predicted molar refractivity (Wildman–Crippen MR) is 68.4 cm³/mol. The van der Waals surface area contributed by atoms with Gasteiger partial charge < -0.3 is 9.47 Å². The molecule has 0 saturated carbocycles.